The molecule has 118 valence electrons. The molecule has 1 aliphatic rings. The Hall–Kier alpha value is -2.47. The topological polar surface area (TPSA) is 80.3 Å². The summed E-state index contributed by atoms with van der Waals surface area (Å²) < 4.78 is 26.7. The van der Waals surface area contributed by atoms with Gasteiger partial charge in [0.15, 0.2) is 11.6 Å². The lowest BCUT2D eigenvalue weighted by Crippen LogP contribution is -2.27. The zero-order chi connectivity index (χ0) is 16.8. The van der Waals surface area contributed by atoms with E-state index in [2.05, 4.69) is 4.72 Å². The molecule has 5 nitrogen and oxygen atoms in total. The maximum Gasteiger partial charge on any atom is 0.235 e. The van der Waals surface area contributed by atoms with E-state index in [-0.39, 0.29) is 28.4 Å². The molecule has 0 spiro atoms. The summed E-state index contributed by atoms with van der Waals surface area (Å²) in [6, 6.07) is 11.2. The Kier molecular flexibility index (Phi) is 3.56. The molecule has 0 amide bonds. The fraction of sp³-hybridized carbons (Fsp3) is 0.176. The first-order valence-electron chi connectivity index (χ1n) is 7.16. The van der Waals surface area contributed by atoms with Crippen LogP contribution in [0.5, 0.6) is 0 Å². The van der Waals surface area contributed by atoms with E-state index in [0.29, 0.717) is 11.1 Å². The second-order valence-electron chi connectivity index (χ2n) is 5.63. The van der Waals surface area contributed by atoms with Crippen LogP contribution in [0, 0.1) is 0 Å². The van der Waals surface area contributed by atoms with E-state index in [1.807, 2.05) is 0 Å². The number of carbonyl (C=O) groups is 2. The van der Waals surface area contributed by atoms with Crippen molar-refractivity contribution in [2.75, 3.05) is 4.72 Å². The summed E-state index contributed by atoms with van der Waals surface area (Å²) in [5, 5.41) is -0.653. The van der Waals surface area contributed by atoms with Crippen LogP contribution in [0.3, 0.4) is 0 Å². The standard InChI is InChI=1S/C17H15NO4S/c1-10(2)23(21,22)18-14-9-5-8-13-15(14)17(20)12-7-4-3-6-11(12)16(13)19/h3-10,18H,1-2H3. The van der Waals surface area contributed by atoms with Crippen molar-refractivity contribution in [3.63, 3.8) is 0 Å². The molecule has 0 heterocycles. The zero-order valence-electron chi connectivity index (χ0n) is 12.7. The minimum Gasteiger partial charge on any atom is -0.289 e. The molecule has 2 aromatic rings. The number of anilines is 1. The summed E-state index contributed by atoms with van der Waals surface area (Å²) >= 11 is 0. The van der Waals surface area contributed by atoms with Gasteiger partial charge in [-0.25, -0.2) is 8.42 Å². The molecule has 23 heavy (non-hydrogen) atoms. The van der Waals surface area contributed by atoms with E-state index < -0.39 is 15.3 Å². The molecule has 0 unspecified atom stereocenters. The van der Waals surface area contributed by atoms with Crippen molar-refractivity contribution < 1.29 is 18.0 Å². The average molecular weight is 329 g/mol. The van der Waals surface area contributed by atoms with Crippen molar-refractivity contribution in [3.05, 3.63) is 64.7 Å². The van der Waals surface area contributed by atoms with E-state index in [0.717, 1.165) is 0 Å². The first kappa shape index (κ1) is 15.4. The van der Waals surface area contributed by atoms with Crippen molar-refractivity contribution >= 4 is 27.3 Å². The van der Waals surface area contributed by atoms with Crippen LogP contribution >= 0.6 is 0 Å². The largest absolute Gasteiger partial charge is 0.289 e. The summed E-state index contributed by atoms with van der Waals surface area (Å²) in [5.74, 6) is -0.627. The van der Waals surface area contributed by atoms with Gasteiger partial charge in [0.05, 0.1) is 16.5 Å². The highest BCUT2D eigenvalue weighted by atomic mass is 32.2. The minimum atomic E-state index is -3.62. The Morgan fingerprint density at radius 1 is 0.826 bits per heavy atom. The van der Waals surface area contributed by atoms with Gasteiger partial charge in [-0.05, 0) is 19.9 Å². The van der Waals surface area contributed by atoms with Crippen molar-refractivity contribution in [1.82, 2.24) is 0 Å². The summed E-state index contributed by atoms with van der Waals surface area (Å²) in [7, 11) is -3.62. The predicted octanol–water partition coefficient (Wildman–Crippen LogP) is 2.61. The monoisotopic (exact) mass is 329 g/mol. The van der Waals surface area contributed by atoms with Crippen molar-refractivity contribution in [2.45, 2.75) is 19.1 Å². The molecule has 0 bridgehead atoms. The predicted molar refractivity (Wildman–Crippen MR) is 87.4 cm³/mol. The second-order valence-corrected chi connectivity index (χ2v) is 7.86. The molecule has 0 saturated heterocycles. The molecular formula is C17H15NO4S. The molecule has 0 saturated carbocycles. The Morgan fingerprint density at radius 2 is 1.39 bits per heavy atom. The summed E-state index contributed by atoms with van der Waals surface area (Å²) in [5.41, 5.74) is 1.11. The van der Waals surface area contributed by atoms with Crippen LogP contribution in [-0.4, -0.2) is 25.2 Å². The molecule has 2 aromatic carbocycles. The fourth-order valence-electron chi connectivity index (χ4n) is 2.50. The quantitative estimate of drug-likeness (QED) is 0.801. The third-order valence-corrected chi connectivity index (χ3v) is 5.57. The maximum absolute atomic E-state index is 12.7. The van der Waals surface area contributed by atoms with Gasteiger partial charge in [-0.3, -0.25) is 14.3 Å². The number of sulfonamides is 1. The highest BCUT2D eigenvalue weighted by Gasteiger charge is 2.32. The fourth-order valence-corrected chi connectivity index (χ4v) is 3.21. The lowest BCUT2D eigenvalue weighted by molar-refractivity contribution is 0.0979. The number of hydrogen-bond donors (Lipinski definition) is 1. The van der Waals surface area contributed by atoms with E-state index in [4.69, 9.17) is 0 Å². The van der Waals surface area contributed by atoms with Gasteiger partial charge < -0.3 is 0 Å². The summed E-state index contributed by atoms with van der Waals surface area (Å²) in [4.78, 5) is 25.3. The molecule has 1 aliphatic carbocycles. The van der Waals surface area contributed by atoms with Crippen molar-refractivity contribution in [1.29, 1.82) is 0 Å². The molecule has 0 radical (unpaired) electrons. The highest BCUT2D eigenvalue weighted by molar-refractivity contribution is 7.93. The van der Waals surface area contributed by atoms with Gasteiger partial charge in [0.2, 0.25) is 10.0 Å². The van der Waals surface area contributed by atoms with Gasteiger partial charge in [0, 0.05) is 16.7 Å². The Bertz CT molecular complexity index is 929. The summed E-state index contributed by atoms with van der Waals surface area (Å²) in [6.45, 7) is 3.08. The number of ketones is 2. The first-order chi connectivity index (χ1) is 10.8. The molecule has 6 heteroatoms. The van der Waals surface area contributed by atoms with Gasteiger partial charge in [-0.1, -0.05) is 36.4 Å². The number of benzene rings is 2. The van der Waals surface area contributed by atoms with Gasteiger partial charge in [-0.15, -0.1) is 0 Å². The van der Waals surface area contributed by atoms with Crippen LogP contribution in [0.4, 0.5) is 5.69 Å². The smallest absolute Gasteiger partial charge is 0.235 e. The summed E-state index contributed by atoms with van der Waals surface area (Å²) in [6.07, 6.45) is 0. The molecule has 0 aromatic heterocycles. The van der Waals surface area contributed by atoms with E-state index in [1.54, 1.807) is 50.2 Å². The Morgan fingerprint density at radius 3 is 2.00 bits per heavy atom. The third-order valence-electron chi connectivity index (χ3n) is 3.83. The Balaban J connectivity index is 2.19. The lowest BCUT2D eigenvalue weighted by atomic mass is 9.83. The number of fused-ring (bicyclic) bond motifs is 2. The van der Waals surface area contributed by atoms with Gasteiger partial charge in [0.25, 0.3) is 0 Å². The average Bonchev–Trinajstić information content (AvgIpc) is 2.52. The third kappa shape index (κ3) is 2.45. The molecule has 1 N–H and O–H groups in total. The van der Waals surface area contributed by atoms with Crippen molar-refractivity contribution in [2.24, 2.45) is 0 Å². The Labute approximate surface area is 134 Å². The number of rotatable bonds is 3. The number of hydrogen-bond acceptors (Lipinski definition) is 4. The van der Waals surface area contributed by atoms with Crippen LogP contribution < -0.4 is 4.72 Å². The molecule has 3 rings (SSSR count). The van der Waals surface area contributed by atoms with Gasteiger partial charge in [0.1, 0.15) is 0 Å². The second kappa shape index (κ2) is 5.31. The molecular weight excluding hydrogens is 314 g/mol. The lowest BCUT2D eigenvalue weighted by Gasteiger charge is -2.21. The number of carbonyl (C=O) groups excluding carboxylic acids is 2. The maximum atomic E-state index is 12.7. The van der Waals surface area contributed by atoms with Crippen LogP contribution in [-0.2, 0) is 10.0 Å². The SMILES string of the molecule is CC(C)S(=O)(=O)Nc1cccc2c1C(=O)c1ccccc1C2=O. The van der Waals surface area contributed by atoms with E-state index >= 15 is 0 Å². The van der Waals surface area contributed by atoms with Crippen LogP contribution in [0.1, 0.15) is 45.7 Å². The van der Waals surface area contributed by atoms with E-state index in [9.17, 15) is 18.0 Å². The normalized spacial score (nSPS) is 13.7. The van der Waals surface area contributed by atoms with Gasteiger partial charge >= 0.3 is 0 Å². The number of nitrogens with one attached hydrogen (secondary N) is 1. The molecule has 0 aliphatic heterocycles. The first-order valence-corrected chi connectivity index (χ1v) is 8.70. The molecule has 0 fully saturated rings. The van der Waals surface area contributed by atoms with E-state index in [1.165, 1.54) is 6.07 Å². The zero-order valence-corrected chi connectivity index (χ0v) is 13.5. The van der Waals surface area contributed by atoms with Crippen molar-refractivity contribution in [3.8, 4) is 0 Å². The highest BCUT2D eigenvalue weighted by Crippen LogP contribution is 2.32. The van der Waals surface area contributed by atoms with Crippen LogP contribution in [0.2, 0.25) is 0 Å². The van der Waals surface area contributed by atoms with Crippen LogP contribution in [0.15, 0.2) is 42.5 Å². The van der Waals surface area contributed by atoms with Crippen LogP contribution in [0.25, 0.3) is 0 Å². The molecule has 0 atom stereocenters. The van der Waals surface area contributed by atoms with Gasteiger partial charge in [-0.2, -0.15) is 0 Å². The minimum absolute atomic E-state index is 0.112.